The van der Waals surface area contributed by atoms with Gasteiger partial charge < -0.3 is 14.6 Å². The molecule has 0 atom stereocenters. The number of nitrogens with one attached hydrogen (secondary N) is 1. The van der Waals surface area contributed by atoms with Crippen LogP contribution in [0.2, 0.25) is 0 Å². The highest BCUT2D eigenvalue weighted by Crippen LogP contribution is 2.23. The number of hydrogen-bond donors (Lipinski definition) is 2. The van der Waals surface area contributed by atoms with Crippen LogP contribution in [0.25, 0.3) is 0 Å². The lowest BCUT2D eigenvalue weighted by molar-refractivity contribution is -0.753. The molecule has 31 heavy (non-hydrogen) atoms. The van der Waals surface area contributed by atoms with Crippen molar-refractivity contribution in [1.29, 1.82) is 0 Å². The summed E-state index contributed by atoms with van der Waals surface area (Å²) in [7, 11) is 2.30. The summed E-state index contributed by atoms with van der Waals surface area (Å²) in [6, 6.07) is 1.48. The number of aliphatic carboxylic acids is 1. The first-order valence-corrected chi connectivity index (χ1v) is 8.72. The van der Waals surface area contributed by atoms with E-state index in [4.69, 9.17) is 9.84 Å². The fourth-order valence-corrected chi connectivity index (χ4v) is 1.57. The van der Waals surface area contributed by atoms with Crippen molar-refractivity contribution in [3.8, 4) is 0 Å². The average Bonchev–Trinajstić information content (AvgIpc) is 2.64. The van der Waals surface area contributed by atoms with Crippen LogP contribution in [0.15, 0.2) is 30.8 Å². The Labute approximate surface area is 177 Å². The van der Waals surface area contributed by atoms with Gasteiger partial charge in [0.15, 0.2) is 18.5 Å². The van der Waals surface area contributed by atoms with E-state index in [1.165, 1.54) is 30.2 Å². The molecule has 2 amide bonds. The van der Waals surface area contributed by atoms with Crippen molar-refractivity contribution in [2.24, 2.45) is 0 Å². The standard InChI is InChI=1S/C14H20N4O5.C4H5F3O/c1-14(2,3)23-13(22)17(4)16-12(21)10-5-7-18(15-9-10)8-6-11(19)20;1-3(8-2)4(5,6)7/h5,7,9H,6,8H2,1-4H3,(H-,15,16,19,20,21);1H2,2H3/p+1. The van der Waals surface area contributed by atoms with Crippen LogP contribution in [-0.4, -0.2) is 59.1 Å². The third-order valence-electron chi connectivity index (χ3n) is 3.09. The lowest BCUT2D eigenvalue weighted by Crippen LogP contribution is -2.46. The summed E-state index contributed by atoms with van der Waals surface area (Å²) in [6.07, 6.45) is -2.38. The number of rotatable bonds is 5. The molecule has 0 aliphatic heterocycles. The Kier molecular flexibility index (Phi) is 10.4. The van der Waals surface area contributed by atoms with Crippen molar-refractivity contribution >= 4 is 18.0 Å². The van der Waals surface area contributed by atoms with Crippen molar-refractivity contribution in [3.05, 3.63) is 36.4 Å². The minimum Gasteiger partial charge on any atom is -0.493 e. The van der Waals surface area contributed by atoms with Crippen LogP contribution in [-0.2, 0) is 20.8 Å². The van der Waals surface area contributed by atoms with E-state index in [1.54, 1.807) is 20.8 Å². The molecule has 1 rings (SSSR count). The summed E-state index contributed by atoms with van der Waals surface area (Å²) >= 11 is 0. The van der Waals surface area contributed by atoms with Gasteiger partial charge in [-0.3, -0.25) is 15.0 Å². The Bertz CT molecular complexity index is 776. The van der Waals surface area contributed by atoms with Crippen LogP contribution in [0.1, 0.15) is 37.6 Å². The number of aromatic nitrogens is 2. The molecule has 1 aromatic heterocycles. The number of methoxy groups -OCH3 is 1. The third-order valence-corrected chi connectivity index (χ3v) is 3.09. The predicted molar refractivity (Wildman–Crippen MR) is 100 cm³/mol. The number of hydrazine groups is 1. The van der Waals surface area contributed by atoms with Gasteiger partial charge in [0.05, 0.1) is 12.7 Å². The summed E-state index contributed by atoms with van der Waals surface area (Å²) in [5.41, 5.74) is 1.93. The van der Waals surface area contributed by atoms with E-state index in [1.807, 2.05) is 0 Å². The minimum absolute atomic E-state index is 0.0649. The van der Waals surface area contributed by atoms with Gasteiger partial charge in [0, 0.05) is 13.1 Å². The second-order valence-electron chi connectivity index (χ2n) is 6.93. The van der Waals surface area contributed by atoms with E-state index in [2.05, 4.69) is 21.8 Å². The molecule has 0 aromatic carbocycles. The highest BCUT2D eigenvalue weighted by Gasteiger charge is 2.33. The number of halogens is 3. The smallest absolute Gasteiger partial charge is 0.448 e. The number of carbonyl (C=O) groups excluding carboxylic acids is 2. The van der Waals surface area contributed by atoms with Gasteiger partial charge in [-0.2, -0.15) is 13.2 Å². The molecular formula is C18H26F3N4O6+. The molecule has 174 valence electrons. The average molecular weight is 451 g/mol. The van der Waals surface area contributed by atoms with Gasteiger partial charge in [0.2, 0.25) is 0 Å². The van der Waals surface area contributed by atoms with Gasteiger partial charge in [0.25, 0.3) is 5.91 Å². The Morgan fingerprint density at radius 3 is 2.23 bits per heavy atom. The maximum Gasteiger partial charge on any atom is 0.448 e. The van der Waals surface area contributed by atoms with Gasteiger partial charge in [-0.15, -0.1) is 0 Å². The maximum absolute atomic E-state index is 12.0. The number of amides is 2. The van der Waals surface area contributed by atoms with Crippen LogP contribution in [0.4, 0.5) is 18.0 Å². The first kappa shape index (κ1) is 27.6. The first-order valence-electron chi connectivity index (χ1n) is 8.72. The molecule has 0 saturated heterocycles. The van der Waals surface area contributed by atoms with Gasteiger partial charge in [0.1, 0.15) is 18.2 Å². The van der Waals surface area contributed by atoms with Gasteiger partial charge in [-0.25, -0.2) is 9.80 Å². The number of hydrogen-bond acceptors (Lipinski definition) is 6. The molecule has 1 aromatic rings. The monoisotopic (exact) mass is 451 g/mol. The molecule has 0 aliphatic carbocycles. The van der Waals surface area contributed by atoms with Crippen LogP contribution in [0.5, 0.6) is 0 Å². The Hall–Kier alpha value is -3.38. The fraction of sp³-hybridized carbons (Fsp3) is 0.500. The number of ether oxygens (including phenoxy) is 2. The first-order chi connectivity index (χ1) is 14.1. The molecule has 2 N–H and O–H groups in total. The maximum atomic E-state index is 12.0. The lowest BCUT2D eigenvalue weighted by atomic mass is 10.2. The van der Waals surface area contributed by atoms with E-state index in [0.717, 1.165) is 12.1 Å². The number of nitrogens with zero attached hydrogens (tertiary/aromatic N) is 3. The topological polar surface area (TPSA) is 122 Å². The van der Waals surface area contributed by atoms with Crippen LogP contribution in [0.3, 0.4) is 0 Å². The molecule has 0 saturated carbocycles. The number of carbonyl (C=O) groups is 3. The quantitative estimate of drug-likeness (QED) is 0.399. The van der Waals surface area contributed by atoms with Crippen LogP contribution in [0, 0.1) is 0 Å². The number of carboxylic acids is 1. The SMILES string of the molecule is C=C(OC)C(F)(F)F.CN(NC(=O)c1cc[n+](CCC(=O)O)nc1)C(=O)OC(C)(C)C. The second-order valence-corrected chi connectivity index (χ2v) is 6.93. The molecular weight excluding hydrogens is 425 g/mol. The van der Waals surface area contributed by atoms with Crippen molar-refractivity contribution < 1.29 is 46.8 Å². The zero-order valence-electron chi connectivity index (χ0n) is 17.8. The molecule has 1 heterocycles. The Morgan fingerprint density at radius 2 is 1.87 bits per heavy atom. The summed E-state index contributed by atoms with van der Waals surface area (Å²) in [6.45, 7) is 7.96. The van der Waals surface area contributed by atoms with Gasteiger partial charge >= 0.3 is 18.2 Å². The number of alkyl halides is 3. The van der Waals surface area contributed by atoms with E-state index in [0.29, 0.717) is 0 Å². The zero-order valence-corrected chi connectivity index (χ0v) is 17.8. The third kappa shape index (κ3) is 12.0. The lowest BCUT2D eigenvalue weighted by Gasteiger charge is -2.24. The summed E-state index contributed by atoms with van der Waals surface area (Å²) in [5, 5.41) is 13.5. The van der Waals surface area contributed by atoms with Crippen molar-refractivity contribution in [1.82, 2.24) is 15.5 Å². The Morgan fingerprint density at radius 1 is 1.29 bits per heavy atom. The van der Waals surface area contributed by atoms with Crippen molar-refractivity contribution in [2.45, 2.75) is 45.5 Å². The molecule has 0 unspecified atom stereocenters. The fourth-order valence-electron chi connectivity index (χ4n) is 1.57. The molecule has 0 aliphatic rings. The van der Waals surface area contributed by atoms with Gasteiger partial charge in [-0.05, 0) is 25.9 Å². The van der Waals surface area contributed by atoms with Crippen molar-refractivity contribution in [2.75, 3.05) is 14.2 Å². The zero-order chi connectivity index (χ0) is 24.4. The summed E-state index contributed by atoms with van der Waals surface area (Å²) in [5.74, 6) is -2.63. The largest absolute Gasteiger partial charge is 0.493 e. The Balaban J connectivity index is 0.000000954. The predicted octanol–water partition coefficient (Wildman–Crippen LogP) is 2.06. The number of aryl methyl sites for hydroxylation is 1. The molecule has 13 heteroatoms. The van der Waals surface area contributed by atoms with Crippen molar-refractivity contribution in [3.63, 3.8) is 0 Å². The second kappa shape index (κ2) is 11.7. The number of carboxylic acid groups (broad SMARTS) is 1. The van der Waals surface area contributed by atoms with E-state index in [-0.39, 0.29) is 18.5 Å². The summed E-state index contributed by atoms with van der Waals surface area (Å²) in [4.78, 5) is 34.2. The minimum atomic E-state index is -4.41. The normalized spacial score (nSPS) is 10.8. The van der Waals surface area contributed by atoms with E-state index >= 15 is 0 Å². The highest BCUT2D eigenvalue weighted by molar-refractivity contribution is 5.94. The molecule has 0 radical (unpaired) electrons. The van der Waals surface area contributed by atoms with E-state index in [9.17, 15) is 27.6 Å². The highest BCUT2D eigenvalue weighted by atomic mass is 19.4. The van der Waals surface area contributed by atoms with E-state index < -0.39 is 35.5 Å². The molecule has 0 spiro atoms. The number of allylic oxidation sites excluding steroid dienone is 1. The van der Waals surface area contributed by atoms with Gasteiger partial charge in [-0.1, -0.05) is 11.3 Å². The van der Waals surface area contributed by atoms with Crippen LogP contribution < -0.4 is 10.1 Å². The molecule has 0 fully saturated rings. The van der Waals surface area contributed by atoms with Crippen LogP contribution >= 0.6 is 0 Å². The summed E-state index contributed by atoms with van der Waals surface area (Å²) < 4.78 is 44.0. The molecule has 0 bridgehead atoms. The molecule has 10 nitrogen and oxygen atoms in total.